The third-order valence-electron chi connectivity index (χ3n) is 3.79. The van der Waals surface area contributed by atoms with Gasteiger partial charge in [-0.2, -0.15) is 11.8 Å². The van der Waals surface area contributed by atoms with Crippen molar-refractivity contribution < 1.29 is 9.47 Å². The van der Waals surface area contributed by atoms with E-state index < -0.39 is 0 Å². The van der Waals surface area contributed by atoms with Gasteiger partial charge in [0.25, 0.3) is 0 Å². The molecule has 128 valence electrons. The van der Waals surface area contributed by atoms with E-state index in [4.69, 9.17) is 15.2 Å². The number of hydrogen-bond acceptors (Lipinski definition) is 4. The summed E-state index contributed by atoms with van der Waals surface area (Å²) < 4.78 is 11.3. The van der Waals surface area contributed by atoms with Crippen LogP contribution < -0.4 is 20.5 Å². The van der Waals surface area contributed by atoms with Crippen LogP contribution in [0, 0.1) is 5.92 Å². The van der Waals surface area contributed by atoms with E-state index in [-0.39, 0.29) is 24.0 Å². The molecule has 0 aliphatic carbocycles. The molecular weight excluding hydrogens is 425 g/mol. The van der Waals surface area contributed by atoms with Crippen LogP contribution >= 0.6 is 35.7 Å². The molecule has 2 aliphatic heterocycles. The zero-order valence-corrected chi connectivity index (χ0v) is 16.3. The van der Waals surface area contributed by atoms with Crippen molar-refractivity contribution in [2.45, 2.75) is 19.3 Å². The van der Waals surface area contributed by atoms with Crippen molar-refractivity contribution in [2.24, 2.45) is 16.6 Å². The number of benzene rings is 1. The van der Waals surface area contributed by atoms with Gasteiger partial charge >= 0.3 is 0 Å². The van der Waals surface area contributed by atoms with Crippen LogP contribution in [0.3, 0.4) is 0 Å². The van der Waals surface area contributed by atoms with Crippen molar-refractivity contribution in [3.05, 3.63) is 18.2 Å². The first kappa shape index (κ1) is 18.5. The highest BCUT2D eigenvalue weighted by molar-refractivity contribution is 14.0. The number of thioether (sulfide) groups is 1. The zero-order valence-electron chi connectivity index (χ0n) is 13.1. The maximum absolute atomic E-state index is 5.99. The van der Waals surface area contributed by atoms with Crippen LogP contribution in [0.4, 0.5) is 5.69 Å². The van der Waals surface area contributed by atoms with Crippen LogP contribution in [0.5, 0.6) is 11.5 Å². The molecule has 5 nitrogen and oxygen atoms in total. The molecule has 1 unspecified atom stereocenters. The van der Waals surface area contributed by atoms with E-state index in [0.29, 0.717) is 25.1 Å². The van der Waals surface area contributed by atoms with Crippen LogP contribution in [0.25, 0.3) is 0 Å². The zero-order chi connectivity index (χ0) is 15.2. The van der Waals surface area contributed by atoms with Crippen molar-refractivity contribution >= 4 is 47.4 Å². The summed E-state index contributed by atoms with van der Waals surface area (Å²) in [5.74, 6) is 5.15. The maximum Gasteiger partial charge on any atom is 0.193 e. The average molecular weight is 449 g/mol. The molecule has 3 rings (SSSR count). The standard InChI is InChI=1S/C16H23N3O2S.HI/c17-16(18-10-12-3-1-8-22-11-12)19-13-4-5-14-15(9-13)21-7-2-6-20-14;/h4-5,9,12H,1-3,6-8,10-11H2,(H3,17,18,19);1H. The molecule has 0 spiro atoms. The number of fused-ring (bicyclic) bond motifs is 1. The number of rotatable bonds is 3. The van der Waals surface area contributed by atoms with Crippen LogP contribution in [-0.2, 0) is 0 Å². The van der Waals surface area contributed by atoms with Gasteiger partial charge < -0.3 is 20.5 Å². The second kappa shape index (κ2) is 9.46. The molecule has 2 heterocycles. The van der Waals surface area contributed by atoms with Crippen molar-refractivity contribution in [2.75, 3.05) is 36.6 Å². The van der Waals surface area contributed by atoms with Gasteiger partial charge in [-0.1, -0.05) is 0 Å². The number of nitrogens with one attached hydrogen (secondary N) is 1. The molecule has 1 fully saturated rings. The summed E-state index contributed by atoms with van der Waals surface area (Å²) in [4.78, 5) is 4.47. The summed E-state index contributed by atoms with van der Waals surface area (Å²) in [7, 11) is 0. The summed E-state index contributed by atoms with van der Waals surface area (Å²) in [6.45, 7) is 2.18. The monoisotopic (exact) mass is 449 g/mol. The SMILES string of the molecule is I.NC(=NCC1CCCSC1)Nc1ccc2c(c1)OCCCO2. The molecule has 0 aromatic heterocycles. The van der Waals surface area contributed by atoms with Gasteiger partial charge in [-0.05, 0) is 42.4 Å². The Hall–Kier alpha value is -0.830. The van der Waals surface area contributed by atoms with Crippen LogP contribution in [0.15, 0.2) is 23.2 Å². The van der Waals surface area contributed by atoms with Crippen molar-refractivity contribution in [1.29, 1.82) is 0 Å². The third kappa shape index (κ3) is 5.63. The lowest BCUT2D eigenvalue weighted by atomic mass is 10.1. The van der Waals surface area contributed by atoms with Crippen LogP contribution in [-0.4, -0.2) is 37.2 Å². The average Bonchev–Trinajstić information content (AvgIpc) is 2.79. The molecular formula is C16H24IN3O2S. The van der Waals surface area contributed by atoms with Gasteiger partial charge in [-0.3, -0.25) is 4.99 Å². The number of halogens is 1. The van der Waals surface area contributed by atoms with Gasteiger partial charge in [0, 0.05) is 24.7 Å². The molecule has 23 heavy (non-hydrogen) atoms. The first-order chi connectivity index (χ1) is 10.8. The topological polar surface area (TPSA) is 68.9 Å². The fourth-order valence-corrected chi connectivity index (χ4v) is 3.75. The Labute approximate surface area is 158 Å². The Balaban J connectivity index is 0.00000192. The summed E-state index contributed by atoms with van der Waals surface area (Å²) in [5, 5.41) is 3.14. The minimum Gasteiger partial charge on any atom is -0.490 e. The van der Waals surface area contributed by atoms with Gasteiger partial charge in [0.15, 0.2) is 17.5 Å². The van der Waals surface area contributed by atoms with Crippen LogP contribution in [0.1, 0.15) is 19.3 Å². The largest absolute Gasteiger partial charge is 0.490 e. The molecule has 0 saturated carbocycles. The Morgan fingerprint density at radius 1 is 1.26 bits per heavy atom. The van der Waals surface area contributed by atoms with Crippen molar-refractivity contribution in [3.8, 4) is 11.5 Å². The molecule has 7 heteroatoms. The number of hydrogen-bond donors (Lipinski definition) is 2. The first-order valence-corrected chi connectivity index (χ1v) is 9.01. The van der Waals surface area contributed by atoms with E-state index >= 15 is 0 Å². The van der Waals surface area contributed by atoms with Gasteiger partial charge in [0.2, 0.25) is 0 Å². The highest BCUT2D eigenvalue weighted by Crippen LogP contribution is 2.32. The number of aliphatic imine (C=N–C) groups is 1. The number of anilines is 1. The summed E-state index contributed by atoms with van der Waals surface area (Å²) in [6, 6.07) is 5.76. The predicted octanol–water partition coefficient (Wildman–Crippen LogP) is 3.34. The van der Waals surface area contributed by atoms with E-state index in [1.807, 2.05) is 30.0 Å². The van der Waals surface area contributed by atoms with E-state index in [2.05, 4.69) is 10.3 Å². The lowest BCUT2D eigenvalue weighted by molar-refractivity contribution is 0.297. The molecule has 1 aromatic carbocycles. The van der Waals surface area contributed by atoms with E-state index in [1.54, 1.807) is 0 Å². The second-order valence-corrected chi connectivity index (χ2v) is 6.80. The van der Waals surface area contributed by atoms with E-state index in [0.717, 1.165) is 30.2 Å². The number of nitrogens with two attached hydrogens (primary N) is 1. The van der Waals surface area contributed by atoms with Gasteiger partial charge in [0.1, 0.15) is 0 Å². The molecule has 0 amide bonds. The fourth-order valence-electron chi connectivity index (χ4n) is 2.61. The highest BCUT2D eigenvalue weighted by atomic mass is 127. The summed E-state index contributed by atoms with van der Waals surface area (Å²) >= 11 is 2.02. The highest BCUT2D eigenvalue weighted by Gasteiger charge is 2.13. The van der Waals surface area contributed by atoms with Gasteiger partial charge in [0.05, 0.1) is 13.2 Å². The lowest BCUT2D eigenvalue weighted by Crippen LogP contribution is -2.24. The Morgan fingerprint density at radius 3 is 2.87 bits per heavy atom. The second-order valence-electron chi connectivity index (χ2n) is 5.65. The number of ether oxygens (including phenoxy) is 2. The molecule has 3 N–H and O–H groups in total. The first-order valence-electron chi connectivity index (χ1n) is 7.85. The predicted molar refractivity (Wildman–Crippen MR) is 108 cm³/mol. The Bertz CT molecular complexity index is 536. The lowest BCUT2D eigenvalue weighted by Gasteiger charge is -2.19. The van der Waals surface area contributed by atoms with Crippen molar-refractivity contribution in [1.82, 2.24) is 0 Å². The van der Waals surface area contributed by atoms with E-state index in [9.17, 15) is 0 Å². The molecule has 2 aliphatic rings. The van der Waals surface area contributed by atoms with Gasteiger partial charge in [-0.25, -0.2) is 0 Å². The molecule has 1 aromatic rings. The van der Waals surface area contributed by atoms with Crippen molar-refractivity contribution in [3.63, 3.8) is 0 Å². The van der Waals surface area contributed by atoms with Crippen LogP contribution in [0.2, 0.25) is 0 Å². The molecule has 0 bridgehead atoms. The van der Waals surface area contributed by atoms with E-state index in [1.165, 1.54) is 24.3 Å². The Kier molecular flexibility index (Phi) is 7.61. The number of guanidine groups is 1. The molecule has 0 radical (unpaired) electrons. The fraction of sp³-hybridized carbons (Fsp3) is 0.562. The molecule has 1 atom stereocenters. The minimum atomic E-state index is 0. The quantitative estimate of drug-likeness (QED) is 0.421. The molecule has 1 saturated heterocycles. The summed E-state index contributed by atoms with van der Waals surface area (Å²) in [5.41, 5.74) is 6.87. The minimum absolute atomic E-state index is 0. The third-order valence-corrected chi connectivity index (χ3v) is 5.08. The number of nitrogens with zero attached hydrogens (tertiary/aromatic N) is 1. The normalized spacial score (nSPS) is 21.0. The summed E-state index contributed by atoms with van der Waals surface area (Å²) in [6.07, 6.45) is 3.45. The maximum atomic E-state index is 5.99. The smallest absolute Gasteiger partial charge is 0.193 e. The van der Waals surface area contributed by atoms with Gasteiger partial charge in [-0.15, -0.1) is 24.0 Å². The Morgan fingerprint density at radius 2 is 2.09 bits per heavy atom.